The lowest BCUT2D eigenvalue weighted by atomic mass is 9.89. The fraction of sp³-hybridized carbons (Fsp3) is 0.226. The number of nitrogens with two attached hydrogens (primary N) is 1. The summed E-state index contributed by atoms with van der Waals surface area (Å²) in [7, 11) is 0. The molecule has 39 heavy (non-hydrogen) atoms. The van der Waals surface area contributed by atoms with Crippen molar-refractivity contribution in [3.8, 4) is 0 Å². The van der Waals surface area contributed by atoms with Crippen molar-refractivity contribution in [2.75, 3.05) is 11.9 Å². The maximum atomic E-state index is 14.1. The molecule has 1 saturated heterocycles. The second-order valence-electron chi connectivity index (χ2n) is 9.90. The maximum Gasteiger partial charge on any atom is 0.248 e. The van der Waals surface area contributed by atoms with Crippen LogP contribution in [-0.4, -0.2) is 46.5 Å². The second kappa shape index (κ2) is 10.9. The Hall–Kier alpha value is -4.72. The summed E-state index contributed by atoms with van der Waals surface area (Å²) in [5.41, 5.74) is 8.71. The molecular weight excluding hydrogens is 492 g/mol. The molecule has 8 nitrogen and oxygen atoms in total. The van der Waals surface area contributed by atoms with Crippen LogP contribution in [0.5, 0.6) is 0 Å². The van der Waals surface area contributed by atoms with Crippen LogP contribution in [0.2, 0.25) is 0 Å². The van der Waals surface area contributed by atoms with Crippen molar-refractivity contribution in [2.45, 2.75) is 37.3 Å². The summed E-state index contributed by atoms with van der Waals surface area (Å²) in [6.45, 7) is 1.96. The standard InChI is InChI=1S/C31H30N4O4/c1-2-10-27(36)33-24-16-9-15-23(17-24)25-18-31(39-34-25)19-26(29(32)37)35(20-31)30(38)28(21-11-5-3-6-12-21)22-13-7-4-8-14-22/h2-17,26,28H,18-20H2,1H3,(H2,32,37)(H,33,36)/b10-2+/t26-,31?/m0/s1. The SMILES string of the molecule is C/C=C/C(=O)Nc1cccc(C2=NOC3(C2)C[C@@H](C(N)=O)N(C(=O)C(c2ccccc2)c2ccccc2)C3)c1. The minimum Gasteiger partial charge on any atom is -0.387 e. The maximum absolute atomic E-state index is 14.1. The number of hydrogen-bond acceptors (Lipinski definition) is 5. The average Bonchev–Trinajstić information content (AvgIpc) is 3.54. The Morgan fingerprint density at radius 2 is 1.69 bits per heavy atom. The van der Waals surface area contributed by atoms with E-state index in [2.05, 4.69) is 10.5 Å². The van der Waals surface area contributed by atoms with Crippen molar-refractivity contribution in [2.24, 2.45) is 10.9 Å². The second-order valence-corrected chi connectivity index (χ2v) is 9.90. The van der Waals surface area contributed by atoms with E-state index >= 15 is 0 Å². The molecule has 0 radical (unpaired) electrons. The molecule has 3 N–H and O–H groups in total. The molecular formula is C31H30N4O4. The highest BCUT2D eigenvalue weighted by Crippen LogP contribution is 2.41. The van der Waals surface area contributed by atoms with Gasteiger partial charge in [-0.25, -0.2) is 0 Å². The van der Waals surface area contributed by atoms with Gasteiger partial charge in [0.15, 0.2) is 5.60 Å². The van der Waals surface area contributed by atoms with Crippen molar-refractivity contribution in [1.82, 2.24) is 4.90 Å². The van der Waals surface area contributed by atoms with Crippen molar-refractivity contribution >= 4 is 29.1 Å². The van der Waals surface area contributed by atoms with E-state index in [0.717, 1.165) is 16.7 Å². The molecule has 1 unspecified atom stereocenters. The third-order valence-electron chi connectivity index (χ3n) is 7.14. The number of likely N-dealkylation sites (tertiary alicyclic amines) is 1. The van der Waals surface area contributed by atoms with Crippen LogP contribution in [0.15, 0.2) is 102 Å². The molecule has 0 aromatic heterocycles. The van der Waals surface area contributed by atoms with Crippen molar-refractivity contribution < 1.29 is 19.2 Å². The molecule has 3 amide bonds. The third-order valence-corrected chi connectivity index (χ3v) is 7.14. The average molecular weight is 523 g/mol. The topological polar surface area (TPSA) is 114 Å². The number of carbonyl (C=O) groups is 3. The fourth-order valence-electron chi connectivity index (χ4n) is 5.35. The van der Waals surface area contributed by atoms with Crippen LogP contribution >= 0.6 is 0 Å². The van der Waals surface area contributed by atoms with Crippen molar-refractivity contribution in [3.63, 3.8) is 0 Å². The highest BCUT2D eigenvalue weighted by Gasteiger charge is 2.54. The number of nitrogens with one attached hydrogen (secondary N) is 1. The summed E-state index contributed by atoms with van der Waals surface area (Å²) in [4.78, 5) is 46.2. The molecule has 0 aliphatic carbocycles. The lowest BCUT2D eigenvalue weighted by Crippen LogP contribution is -2.46. The van der Waals surface area contributed by atoms with Crippen LogP contribution in [0.3, 0.4) is 0 Å². The van der Waals surface area contributed by atoms with Crippen LogP contribution in [-0.2, 0) is 19.2 Å². The number of carbonyl (C=O) groups excluding carboxylic acids is 3. The quantitative estimate of drug-likeness (QED) is 0.457. The highest BCUT2D eigenvalue weighted by molar-refractivity contribution is 6.04. The van der Waals surface area contributed by atoms with Crippen molar-refractivity contribution in [1.29, 1.82) is 0 Å². The molecule has 3 aromatic carbocycles. The van der Waals surface area contributed by atoms with E-state index in [1.165, 1.54) is 6.08 Å². The summed E-state index contributed by atoms with van der Waals surface area (Å²) in [5.74, 6) is -1.61. The number of hydrogen-bond donors (Lipinski definition) is 2. The van der Waals surface area contributed by atoms with E-state index in [1.807, 2.05) is 78.9 Å². The van der Waals surface area contributed by atoms with Crippen LogP contribution in [0, 0.1) is 0 Å². The van der Waals surface area contributed by atoms with Gasteiger partial charge < -0.3 is 20.8 Å². The van der Waals surface area contributed by atoms with Crippen LogP contribution in [0.25, 0.3) is 0 Å². The first-order valence-electron chi connectivity index (χ1n) is 12.9. The van der Waals surface area contributed by atoms with Crippen LogP contribution in [0.4, 0.5) is 5.69 Å². The third kappa shape index (κ3) is 5.45. The first-order valence-corrected chi connectivity index (χ1v) is 12.9. The Balaban J connectivity index is 1.39. The van der Waals surface area contributed by atoms with Crippen LogP contribution in [0.1, 0.15) is 42.4 Å². The Morgan fingerprint density at radius 1 is 1.03 bits per heavy atom. The first kappa shape index (κ1) is 25.9. The molecule has 0 saturated carbocycles. The zero-order valence-electron chi connectivity index (χ0n) is 21.6. The lowest BCUT2D eigenvalue weighted by molar-refractivity contribution is -0.138. The van der Waals surface area contributed by atoms with Gasteiger partial charge in [0.2, 0.25) is 17.7 Å². The number of oxime groups is 1. The number of anilines is 1. The first-order chi connectivity index (χ1) is 18.9. The number of allylic oxidation sites excluding steroid dienone is 1. The minimum atomic E-state index is -0.868. The molecule has 1 fully saturated rings. The van der Waals surface area contributed by atoms with Gasteiger partial charge in [0.05, 0.1) is 18.2 Å². The van der Waals surface area contributed by atoms with Gasteiger partial charge in [0.25, 0.3) is 0 Å². The van der Waals surface area contributed by atoms with Gasteiger partial charge in [-0.2, -0.15) is 0 Å². The van der Waals surface area contributed by atoms with Gasteiger partial charge in [-0.05, 0) is 36.3 Å². The van der Waals surface area contributed by atoms with Gasteiger partial charge >= 0.3 is 0 Å². The summed E-state index contributed by atoms with van der Waals surface area (Å²) in [6, 6.07) is 25.5. The molecule has 2 atom stereocenters. The minimum absolute atomic E-state index is 0.181. The van der Waals surface area contributed by atoms with E-state index < -0.39 is 23.5 Å². The Labute approximate surface area is 227 Å². The van der Waals surface area contributed by atoms with Crippen LogP contribution < -0.4 is 11.1 Å². The smallest absolute Gasteiger partial charge is 0.248 e. The largest absolute Gasteiger partial charge is 0.387 e. The Bertz CT molecular complexity index is 1400. The van der Waals surface area contributed by atoms with Crippen molar-refractivity contribution in [3.05, 3.63) is 114 Å². The molecule has 5 rings (SSSR count). The van der Waals surface area contributed by atoms with Gasteiger partial charge in [-0.15, -0.1) is 0 Å². The van der Waals surface area contributed by atoms with Gasteiger partial charge in [-0.3, -0.25) is 14.4 Å². The number of primary amides is 1. The van der Waals surface area contributed by atoms with E-state index in [0.29, 0.717) is 17.8 Å². The normalized spacial score (nSPS) is 20.3. The summed E-state index contributed by atoms with van der Waals surface area (Å²) < 4.78 is 0. The van der Waals surface area contributed by atoms with E-state index in [1.54, 1.807) is 24.0 Å². The fourth-order valence-corrected chi connectivity index (χ4v) is 5.35. The summed E-state index contributed by atoms with van der Waals surface area (Å²) in [5, 5.41) is 7.17. The summed E-state index contributed by atoms with van der Waals surface area (Å²) in [6.07, 6.45) is 3.76. The molecule has 2 aliphatic rings. The molecule has 1 spiro atoms. The Kier molecular flexibility index (Phi) is 7.27. The highest BCUT2D eigenvalue weighted by atomic mass is 16.7. The molecule has 2 heterocycles. The van der Waals surface area contributed by atoms with E-state index in [4.69, 9.17) is 10.6 Å². The Morgan fingerprint density at radius 3 is 2.31 bits per heavy atom. The zero-order valence-corrected chi connectivity index (χ0v) is 21.6. The predicted molar refractivity (Wildman–Crippen MR) is 149 cm³/mol. The monoisotopic (exact) mass is 522 g/mol. The number of amides is 3. The van der Waals surface area contributed by atoms with Gasteiger partial charge in [0, 0.05) is 24.1 Å². The summed E-state index contributed by atoms with van der Waals surface area (Å²) >= 11 is 0. The number of rotatable bonds is 7. The van der Waals surface area contributed by atoms with E-state index in [9.17, 15) is 14.4 Å². The molecule has 8 heteroatoms. The van der Waals surface area contributed by atoms with E-state index in [-0.39, 0.29) is 24.8 Å². The zero-order chi connectivity index (χ0) is 27.4. The molecule has 198 valence electrons. The predicted octanol–water partition coefficient (Wildman–Crippen LogP) is 3.98. The van der Waals surface area contributed by atoms with Gasteiger partial charge in [-0.1, -0.05) is 84.0 Å². The number of nitrogens with zero attached hydrogens (tertiary/aromatic N) is 2. The lowest BCUT2D eigenvalue weighted by Gasteiger charge is -2.28. The molecule has 0 bridgehead atoms. The number of benzene rings is 3. The molecule has 3 aromatic rings. The molecule has 2 aliphatic heterocycles. The van der Waals surface area contributed by atoms with Gasteiger partial charge in [0.1, 0.15) is 6.04 Å².